The van der Waals surface area contributed by atoms with Gasteiger partial charge < -0.3 is 9.15 Å². The molecule has 3 rings (SSSR count). The molecule has 0 N–H and O–H groups in total. The number of thioether (sulfide) groups is 1. The smallest absolute Gasteiger partial charge is 0.277 e. The summed E-state index contributed by atoms with van der Waals surface area (Å²) in [6.45, 7) is 6.59. The maximum absolute atomic E-state index is 5.79. The van der Waals surface area contributed by atoms with Gasteiger partial charge in [0.25, 0.3) is 5.22 Å². The quantitative estimate of drug-likeness (QED) is 0.579. The highest BCUT2D eigenvalue weighted by Gasteiger charge is 2.15. The lowest BCUT2D eigenvalue weighted by Crippen LogP contribution is -2.10. The van der Waals surface area contributed by atoms with Crippen molar-refractivity contribution in [3.05, 3.63) is 59.7 Å². The summed E-state index contributed by atoms with van der Waals surface area (Å²) in [7, 11) is 1.68. The second-order valence-electron chi connectivity index (χ2n) is 6.80. The Balaban J connectivity index is 1.70. The number of nitrogens with zero attached hydrogens (tertiary/aromatic N) is 2. The highest BCUT2D eigenvalue weighted by atomic mass is 32.2. The van der Waals surface area contributed by atoms with Gasteiger partial charge in [0, 0.05) is 16.9 Å². The van der Waals surface area contributed by atoms with Crippen molar-refractivity contribution in [1.82, 2.24) is 10.2 Å². The van der Waals surface area contributed by atoms with Gasteiger partial charge in [0.15, 0.2) is 0 Å². The average Bonchev–Trinajstić information content (AvgIpc) is 3.08. The summed E-state index contributed by atoms with van der Waals surface area (Å²) in [5, 5.41) is 8.86. The van der Waals surface area contributed by atoms with Crippen LogP contribution in [0.25, 0.3) is 11.5 Å². The van der Waals surface area contributed by atoms with E-state index in [0.717, 1.165) is 16.9 Å². The van der Waals surface area contributed by atoms with Gasteiger partial charge in [-0.15, -0.1) is 10.2 Å². The average molecular weight is 354 g/mol. The SMILES string of the molecule is COc1ccccc1CSc1nnc(-c2ccc(C(C)(C)C)cc2)o1. The highest BCUT2D eigenvalue weighted by Crippen LogP contribution is 2.30. The predicted octanol–water partition coefficient (Wildman–Crippen LogP) is 5.34. The van der Waals surface area contributed by atoms with Crippen LogP contribution in [0.3, 0.4) is 0 Å². The lowest BCUT2D eigenvalue weighted by atomic mass is 9.87. The van der Waals surface area contributed by atoms with E-state index in [1.807, 2.05) is 36.4 Å². The van der Waals surface area contributed by atoms with Crippen LogP contribution in [0.2, 0.25) is 0 Å². The summed E-state index contributed by atoms with van der Waals surface area (Å²) in [6, 6.07) is 16.2. The van der Waals surface area contributed by atoms with E-state index < -0.39 is 0 Å². The van der Waals surface area contributed by atoms with Gasteiger partial charge in [0.05, 0.1) is 7.11 Å². The van der Waals surface area contributed by atoms with Gasteiger partial charge in [-0.3, -0.25) is 0 Å². The first kappa shape index (κ1) is 17.5. The fraction of sp³-hybridized carbons (Fsp3) is 0.300. The van der Waals surface area contributed by atoms with Gasteiger partial charge in [-0.25, -0.2) is 0 Å². The molecule has 0 aliphatic heterocycles. The summed E-state index contributed by atoms with van der Waals surface area (Å²) in [6.07, 6.45) is 0. The molecule has 0 saturated heterocycles. The second kappa shape index (κ2) is 7.31. The van der Waals surface area contributed by atoms with Crippen molar-refractivity contribution in [1.29, 1.82) is 0 Å². The molecule has 0 unspecified atom stereocenters. The molecule has 3 aromatic rings. The first-order valence-electron chi connectivity index (χ1n) is 8.16. The first-order valence-corrected chi connectivity index (χ1v) is 9.15. The normalized spacial score (nSPS) is 11.5. The zero-order valence-corrected chi connectivity index (χ0v) is 15.8. The van der Waals surface area contributed by atoms with Crippen molar-refractivity contribution < 1.29 is 9.15 Å². The topological polar surface area (TPSA) is 48.2 Å². The van der Waals surface area contributed by atoms with Crippen molar-refractivity contribution in [3.8, 4) is 17.2 Å². The number of rotatable bonds is 5. The molecule has 0 aliphatic carbocycles. The Morgan fingerprint density at radius 2 is 1.72 bits per heavy atom. The van der Waals surface area contributed by atoms with Crippen LogP contribution in [0.5, 0.6) is 5.75 Å². The zero-order valence-electron chi connectivity index (χ0n) is 14.9. The second-order valence-corrected chi connectivity index (χ2v) is 7.73. The molecule has 0 aliphatic rings. The molecule has 0 spiro atoms. The number of hydrogen-bond donors (Lipinski definition) is 0. The third kappa shape index (κ3) is 4.23. The largest absolute Gasteiger partial charge is 0.496 e. The van der Waals surface area contributed by atoms with Crippen molar-refractivity contribution in [2.75, 3.05) is 7.11 Å². The van der Waals surface area contributed by atoms with E-state index in [4.69, 9.17) is 9.15 Å². The Labute approximate surface area is 152 Å². The van der Waals surface area contributed by atoms with E-state index in [-0.39, 0.29) is 5.41 Å². The van der Waals surface area contributed by atoms with E-state index in [9.17, 15) is 0 Å². The van der Waals surface area contributed by atoms with Crippen molar-refractivity contribution in [2.24, 2.45) is 0 Å². The molecule has 0 fully saturated rings. The minimum atomic E-state index is 0.128. The monoisotopic (exact) mass is 354 g/mol. The molecule has 130 valence electrons. The van der Waals surface area contributed by atoms with E-state index >= 15 is 0 Å². The lowest BCUT2D eigenvalue weighted by Gasteiger charge is -2.18. The van der Waals surface area contributed by atoms with Gasteiger partial charge in [-0.1, -0.05) is 62.9 Å². The lowest BCUT2D eigenvalue weighted by molar-refractivity contribution is 0.411. The number of ether oxygens (including phenoxy) is 1. The fourth-order valence-electron chi connectivity index (χ4n) is 2.46. The molecule has 5 heteroatoms. The van der Waals surface area contributed by atoms with Gasteiger partial charge in [-0.05, 0) is 29.2 Å². The maximum atomic E-state index is 5.79. The van der Waals surface area contributed by atoms with Crippen molar-refractivity contribution in [3.63, 3.8) is 0 Å². The summed E-state index contributed by atoms with van der Waals surface area (Å²) in [5.74, 6) is 2.13. The van der Waals surface area contributed by atoms with Gasteiger partial charge >= 0.3 is 0 Å². The molecular formula is C20H22N2O2S. The van der Waals surface area contributed by atoms with Crippen molar-refractivity contribution >= 4 is 11.8 Å². The number of benzene rings is 2. The molecule has 2 aromatic carbocycles. The minimum absolute atomic E-state index is 0.128. The van der Waals surface area contributed by atoms with Crippen LogP contribution in [-0.4, -0.2) is 17.3 Å². The van der Waals surface area contributed by atoms with E-state index in [1.54, 1.807) is 7.11 Å². The van der Waals surface area contributed by atoms with Crippen LogP contribution in [0.15, 0.2) is 58.2 Å². The Kier molecular flexibility index (Phi) is 5.13. The van der Waals surface area contributed by atoms with Crippen LogP contribution in [-0.2, 0) is 11.2 Å². The molecule has 4 nitrogen and oxygen atoms in total. The predicted molar refractivity (Wildman–Crippen MR) is 101 cm³/mol. The third-order valence-corrected chi connectivity index (χ3v) is 4.82. The summed E-state index contributed by atoms with van der Waals surface area (Å²) >= 11 is 1.51. The van der Waals surface area contributed by atoms with Gasteiger partial charge in [0.2, 0.25) is 5.89 Å². The number of para-hydroxylation sites is 1. The van der Waals surface area contributed by atoms with Gasteiger partial charge in [-0.2, -0.15) is 0 Å². The highest BCUT2D eigenvalue weighted by molar-refractivity contribution is 7.98. The molecule has 25 heavy (non-hydrogen) atoms. The molecule has 0 amide bonds. The number of methoxy groups -OCH3 is 1. The van der Waals surface area contributed by atoms with Gasteiger partial charge in [0.1, 0.15) is 5.75 Å². The molecule has 0 atom stereocenters. The summed E-state index contributed by atoms with van der Waals surface area (Å²) < 4.78 is 11.2. The van der Waals surface area contributed by atoms with Crippen molar-refractivity contribution in [2.45, 2.75) is 37.2 Å². The number of aromatic nitrogens is 2. The van der Waals surface area contributed by atoms with E-state index in [1.165, 1.54) is 17.3 Å². The van der Waals surface area contributed by atoms with Crippen LogP contribution in [0, 0.1) is 0 Å². The van der Waals surface area contributed by atoms with E-state index in [0.29, 0.717) is 16.9 Å². The third-order valence-electron chi connectivity index (χ3n) is 3.95. The van der Waals surface area contributed by atoms with Crippen LogP contribution < -0.4 is 4.74 Å². The molecule has 1 aromatic heterocycles. The zero-order chi connectivity index (χ0) is 17.9. The Bertz CT molecular complexity index is 835. The first-order chi connectivity index (χ1) is 12.0. The van der Waals surface area contributed by atoms with Crippen LogP contribution in [0.1, 0.15) is 31.9 Å². The molecule has 0 bridgehead atoms. The van der Waals surface area contributed by atoms with E-state index in [2.05, 4.69) is 43.1 Å². The molecular weight excluding hydrogens is 332 g/mol. The van der Waals surface area contributed by atoms with Crippen LogP contribution >= 0.6 is 11.8 Å². The summed E-state index contributed by atoms with van der Waals surface area (Å²) in [5.41, 5.74) is 3.44. The molecule has 0 radical (unpaired) electrons. The Morgan fingerprint density at radius 1 is 1.00 bits per heavy atom. The Hall–Kier alpha value is -2.27. The molecule has 1 heterocycles. The summed E-state index contributed by atoms with van der Waals surface area (Å²) in [4.78, 5) is 0. The van der Waals surface area contributed by atoms with Crippen LogP contribution in [0.4, 0.5) is 0 Å². The maximum Gasteiger partial charge on any atom is 0.277 e. The standard InChI is InChI=1S/C20H22N2O2S/c1-20(2,3)16-11-9-14(10-12-16)18-21-22-19(24-18)25-13-15-7-5-6-8-17(15)23-4/h5-12H,13H2,1-4H3. The fourth-order valence-corrected chi connectivity index (χ4v) is 3.21. The minimum Gasteiger partial charge on any atom is -0.496 e. The Morgan fingerprint density at radius 3 is 2.40 bits per heavy atom. The number of hydrogen-bond acceptors (Lipinski definition) is 5. The molecule has 0 saturated carbocycles.